The first-order chi connectivity index (χ1) is 10.2. The van der Waals surface area contributed by atoms with Crippen LogP contribution in [0.3, 0.4) is 0 Å². The van der Waals surface area contributed by atoms with E-state index in [4.69, 9.17) is 0 Å². The summed E-state index contributed by atoms with van der Waals surface area (Å²) in [5, 5.41) is 5.23. The van der Waals surface area contributed by atoms with Crippen molar-refractivity contribution >= 4 is 23.6 Å². The zero-order chi connectivity index (χ0) is 14.7. The molecule has 4 nitrogen and oxygen atoms in total. The van der Waals surface area contributed by atoms with Gasteiger partial charge in [-0.1, -0.05) is 54.2 Å². The lowest BCUT2D eigenvalue weighted by Crippen LogP contribution is -1.97. The summed E-state index contributed by atoms with van der Waals surface area (Å²) in [4.78, 5) is 8.84. The summed E-state index contributed by atoms with van der Waals surface area (Å²) >= 11 is 1.61. The Hall–Kier alpha value is -2.14. The average molecular weight is 296 g/mol. The molecule has 0 aliphatic carbocycles. The van der Waals surface area contributed by atoms with Gasteiger partial charge in [-0.25, -0.2) is 9.50 Å². The van der Waals surface area contributed by atoms with Gasteiger partial charge in [-0.2, -0.15) is 4.98 Å². The lowest BCUT2D eigenvalue weighted by molar-refractivity contribution is 0.843. The smallest absolute Gasteiger partial charge is 0.216 e. The Morgan fingerprint density at radius 1 is 1.14 bits per heavy atom. The molecule has 0 fully saturated rings. The molecule has 0 aliphatic rings. The van der Waals surface area contributed by atoms with Crippen LogP contribution in [0, 0.1) is 13.8 Å². The molecule has 106 valence electrons. The maximum Gasteiger partial charge on any atom is 0.253 e. The molecule has 0 radical (unpaired) electrons. The fourth-order valence-corrected chi connectivity index (χ4v) is 2.71. The fraction of sp³-hybridized carbons (Fsp3) is 0.188. The maximum absolute atomic E-state index is 4.47. The van der Waals surface area contributed by atoms with Crippen molar-refractivity contribution in [3.63, 3.8) is 0 Å². The van der Waals surface area contributed by atoms with Crippen molar-refractivity contribution in [1.82, 2.24) is 19.6 Å². The molecule has 3 aromatic rings. The molecule has 0 atom stereocenters. The number of fused-ring (bicyclic) bond motifs is 1. The van der Waals surface area contributed by atoms with Gasteiger partial charge in [-0.05, 0) is 25.5 Å². The van der Waals surface area contributed by atoms with Crippen LogP contribution in [0.1, 0.15) is 17.0 Å². The third-order valence-corrected chi connectivity index (χ3v) is 3.81. The molecule has 0 N–H and O–H groups in total. The third-order valence-electron chi connectivity index (χ3n) is 3.02. The largest absolute Gasteiger partial charge is 0.253 e. The molecular formula is C16H16N4S. The minimum Gasteiger partial charge on any atom is -0.216 e. The van der Waals surface area contributed by atoms with Crippen molar-refractivity contribution in [2.75, 3.05) is 5.75 Å². The first-order valence-corrected chi connectivity index (χ1v) is 7.76. The van der Waals surface area contributed by atoms with E-state index >= 15 is 0 Å². The van der Waals surface area contributed by atoms with Gasteiger partial charge in [0.2, 0.25) is 5.16 Å². The zero-order valence-electron chi connectivity index (χ0n) is 12.0. The second-order valence-corrected chi connectivity index (χ2v) is 5.76. The predicted octanol–water partition coefficient (Wildman–Crippen LogP) is 3.55. The minimum atomic E-state index is 0.669. The van der Waals surface area contributed by atoms with E-state index in [0.717, 1.165) is 22.3 Å². The SMILES string of the molecule is Cc1cc(C)n2nc(SC/C=C/c3ccccc3)nc2n1. The molecule has 0 spiro atoms. The van der Waals surface area contributed by atoms with E-state index < -0.39 is 0 Å². The summed E-state index contributed by atoms with van der Waals surface area (Å²) in [6.07, 6.45) is 4.23. The highest BCUT2D eigenvalue weighted by atomic mass is 32.2. The summed E-state index contributed by atoms with van der Waals surface area (Å²) in [5.74, 6) is 1.51. The van der Waals surface area contributed by atoms with Crippen LogP contribution in [0.4, 0.5) is 0 Å². The first-order valence-electron chi connectivity index (χ1n) is 6.78. The van der Waals surface area contributed by atoms with Gasteiger partial charge in [0, 0.05) is 17.1 Å². The van der Waals surface area contributed by atoms with Crippen LogP contribution in [0.15, 0.2) is 47.6 Å². The molecule has 0 saturated carbocycles. The van der Waals surface area contributed by atoms with Gasteiger partial charge >= 0.3 is 0 Å². The van der Waals surface area contributed by atoms with E-state index in [-0.39, 0.29) is 0 Å². The molecule has 0 aliphatic heterocycles. The molecular weight excluding hydrogens is 280 g/mol. The molecule has 2 aromatic heterocycles. The molecule has 0 saturated heterocycles. The van der Waals surface area contributed by atoms with Crippen molar-refractivity contribution in [1.29, 1.82) is 0 Å². The Morgan fingerprint density at radius 3 is 2.76 bits per heavy atom. The van der Waals surface area contributed by atoms with E-state index in [1.807, 2.05) is 38.1 Å². The van der Waals surface area contributed by atoms with Crippen LogP contribution in [-0.4, -0.2) is 25.3 Å². The minimum absolute atomic E-state index is 0.669. The van der Waals surface area contributed by atoms with Gasteiger partial charge in [0.15, 0.2) is 0 Å². The van der Waals surface area contributed by atoms with E-state index in [2.05, 4.69) is 39.4 Å². The van der Waals surface area contributed by atoms with E-state index in [0.29, 0.717) is 5.78 Å². The number of rotatable bonds is 4. The van der Waals surface area contributed by atoms with Crippen molar-refractivity contribution < 1.29 is 0 Å². The van der Waals surface area contributed by atoms with Crippen molar-refractivity contribution in [3.8, 4) is 0 Å². The van der Waals surface area contributed by atoms with Gasteiger partial charge in [-0.3, -0.25) is 0 Å². The lowest BCUT2D eigenvalue weighted by atomic mass is 10.2. The summed E-state index contributed by atoms with van der Waals surface area (Å²) in [6, 6.07) is 12.3. The number of hydrogen-bond acceptors (Lipinski definition) is 4. The normalized spacial score (nSPS) is 11.5. The van der Waals surface area contributed by atoms with E-state index in [1.54, 1.807) is 16.3 Å². The van der Waals surface area contributed by atoms with Crippen LogP contribution in [0.2, 0.25) is 0 Å². The third kappa shape index (κ3) is 3.31. The van der Waals surface area contributed by atoms with E-state index in [9.17, 15) is 0 Å². The maximum atomic E-state index is 4.47. The van der Waals surface area contributed by atoms with Crippen LogP contribution < -0.4 is 0 Å². The Labute approximate surface area is 127 Å². The highest BCUT2D eigenvalue weighted by Crippen LogP contribution is 2.16. The number of thioether (sulfide) groups is 1. The number of aryl methyl sites for hydroxylation is 2. The van der Waals surface area contributed by atoms with Crippen molar-refractivity contribution in [2.45, 2.75) is 19.0 Å². The molecule has 3 rings (SSSR count). The van der Waals surface area contributed by atoms with Crippen LogP contribution >= 0.6 is 11.8 Å². The van der Waals surface area contributed by atoms with Crippen LogP contribution in [-0.2, 0) is 0 Å². The summed E-state index contributed by atoms with van der Waals surface area (Å²) in [6.45, 7) is 3.98. The lowest BCUT2D eigenvalue weighted by Gasteiger charge is -1.97. The molecule has 1 aromatic carbocycles. The first kappa shape index (κ1) is 13.8. The zero-order valence-corrected chi connectivity index (χ0v) is 12.8. The monoisotopic (exact) mass is 296 g/mol. The number of aromatic nitrogens is 4. The highest BCUT2D eigenvalue weighted by Gasteiger charge is 2.07. The van der Waals surface area contributed by atoms with Crippen LogP contribution in [0.5, 0.6) is 0 Å². The van der Waals surface area contributed by atoms with Crippen molar-refractivity contribution in [2.24, 2.45) is 0 Å². The van der Waals surface area contributed by atoms with Gasteiger partial charge in [-0.15, -0.1) is 5.10 Å². The summed E-state index contributed by atoms with van der Waals surface area (Å²) < 4.78 is 1.79. The molecule has 21 heavy (non-hydrogen) atoms. The topological polar surface area (TPSA) is 43.1 Å². The van der Waals surface area contributed by atoms with Crippen LogP contribution in [0.25, 0.3) is 11.9 Å². The summed E-state index contributed by atoms with van der Waals surface area (Å²) in [5.41, 5.74) is 3.22. The quantitative estimate of drug-likeness (QED) is 0.691. The Kier molecular flexibility index (Phi) is 4.01. The Bertz CT molecular complexity index is 778. The average Bonchev–Trinajstić information content (AvgIpc) is 2.88. The number of benzene rings is 1. The van der Waals surface area contributed by atoms with Gasteiger partial charge < -0.3 is 0 Å². The van der Waals surface area contributed by atoms with Gasteiger partial charge in [0.05, 0.1) is 0 Å². The Morgan fingerprint density at radius 2 is 1.95 bits per heavy atom. The fourth-order valence-electron chi connectivity index (χ4n) is 2.08. The molecule has 0 bridgehead atoms. The van der Waals surface area contributed by atoms with Crippen molar-refractivity contribution in [3.05, 3.63) is 59.4 Å². The van der Waals surface area contributed by atoms with Gasteiger partial charge in [0.1, 0.15) is 0 Å². The molecule has 2 heterocycles. The number of hydrogen-bond donors (Lipinski definition) is 0. The summed E-state index contributed by atoms with van der Waals surface area (Å²) in [7, 11) is 0. The number of nitrogens with zero attached hydrogens (tertiary/aromatic N) is 4. The second kappa shape index (κ2) is 6.10. The standard InChI is InChI=1S/C16H16N4S/c1-12-11-13(2)20-15(17-12)18-16(19-20)21-10-6-9-14-7-4-3-5-8-14/h3-9,11H,10H2,1-2H3/b9-6+. The molecule has 5 heteroatoms. The van der Waals surface area contributed by atoms with Gasteiger partial charge in [0.25, 0.3) is 5.78 Å². The second-order valence-electron chi connectivity index (χ2n) is 4.77. The molecule has 0 amide bonds. The molecule has 0 unspecified atom stereocenters. The highest BCUT2D eigenvalue weighted by molar-refractivity contribution is 7.99. The Balaban J connectivity index is 1.68. The van der Waals surface area contributed by atoms with E-state index in [1.165, 1.54) is 5.56 Å². The predicted molar refractivity (Wildman–Crippen MR) is 86.5 cm³/mol.